The fourth-order valence-corrected chi connectivity index (χ4v) is 3.02. The highest BCUT2D eigenvalue weighted by Crippen LogP contribution is 2.35. The van der Waals surface area contributed by atoms with Crippen molar-refractivity contribution in [2.24, 2.45) is 0 Å². The maximum Gasteiger partial charge on any atom is -0.00135 e. The van der Waals surface area contributed by atoms with Crippen LogP contribution in [0.3, 0.4) is 0 Å². The van der Waals surface area contributed by atoms with Gasteiger partial charge in [-0.1, -0.05) is 94.8 Å². The molecular formula is C21H17Br. The SMILES string of the molecule is BrC=Cc1ccccc1.c1ccc2c(c1)Cc1ccccc1-2. The van der Waals surface area contributed by atoms with Crippen LogP contribution in [0.4, 0.5) is 0 Å². The van der Waals surface area contributed by atoms with E-state index < -0.39 is 0 Å². The molecule has 0 fully saturated rings. The molecule has 1 aliphatic rings. The summed E-state index contributed by atoms with van der Waals surface area (Å²) in [5.74, 6) is 0. The number of benzene rings is 3. The van der Waals surface area contributed by atoms with Crippen LogP contribution in [0.25, 0.3) is 17.2 Å². The monoisotopic (exact) mass is 348 g/mol. The highest BCUT2D eigenvalue weighted by atomic mass is 79.9. The minimum Gasteiger partial charge on any atom is -0.0622 e. The van der Waals surface area contributed by atoms with Gasteiger partial charge in [0.15, 0.2) is 0 Å². The average molecular weight is 349 g/mol. The van der Waals surface area contributed by atoms with E-state index >= 15 is 0 Å². The largest absolute Gasteiger partial charge is 0.0622 e. The molecule has 1 heteroatoms. The first-order valence-corrected chi connectivity index (χ1v) is 8.28. The number of hydrogen-bond donors (Lipinski definition) is 0. The number of fused-ring (bicyclic) bond motifs is 3. The van der Waals surface area contributed by atoms with E-state index in [4.69, 9.17) is 0 Å². The third kappa shape index (κ3) is 3.37. The summed E-state index contributed by atoms with van der Waals surface area (Å²) < 4.78 is 0. The first-order chi connectivity index (χ1) is 10.9. The average Bonchev–Trinajstić information content (AvgIpc) is 2.95. The first-order valence-electron chi connectivity index (χ1n) is 7.36. The van der Waals surface area contributed by atoms with Gasteiger partial charge in [0.05, 0.1) is 0 Å². The van der Waals surface area contributed by atoms with E-state index in [1.165, 1.54) is 27.8 Å². The van der Waals surface area contributed by atoms with Crippen molar-refractivity contribution < 1.29 is 0 Å². The van der Waals surface area contributed by atoms with Crippen LogP contribution in [-0.2, 0) is 6.42 Å². The molecule has 0 N–H and O–H groups in total. The van der Waals surface area contributed by atoms with Gasteiger partial charge in [0, 0.05) is 0 Å². The summed E-state index contributed by atoms with van der Waals surface area (Å²) in [6, 6.07) is 27.5. The van der Waals surface area contributed by atoms with Gasteiger partial charge < -0.3 is 0 Å². The van der Waals surface area contributed by atoms with E-state index in [0.717, 1.165) is 6.42 Å². The minimum atomic E-state index is 1.10. The maximum absolute atomic E-state index is 3.21. The van der Waals surface area contributed by atoms with E-state index in [1.807, 2.05) is 29.3 Å². The molecule has 0 aliphatic heterocycles. The molecule has 0 aromatic heterocycles. The Morgan fingerprint density at radius 2 is 1.14 bits per heavy atom. The molecule has 0 unspecified atom stereocenters. The lowest BCUT2D eigenvalue weighted by Crippen LogP contribution is -1.77. The van der Waals surface area contributed by atoms with Gasteiger partial charge >= 0.3 is 0 Å². The third-order valence-corrected chi connectivity index (χ3v) is 4.03. The van der Waals surface area contributed by atoms with Gasteiger partial charge in [-0.25, -0.2) is 0 Å². The zero-order valence-corrected chi connectivity index (χ0v) is 13.8. The van der Waals surface area contributed by atoms with E-state index in [2.05, 4.69) is 76.6 Å². The summed E-state index contributed by atoms with van der Waals surface area (Å²) in [7, 11) is 0. The third-order valence-electron chi connectivity index (χ3n) is 3.76. The summed E-state index contributed by atoms with van der Waals surface area (Å²) >= 11 is 3.21. The fraction of sp³-hybridized carbons (Fsp3) is 0.0476. The summed E-state index contributed by atoms with van der Waals surface area (Å²) in [5, 5.41) is 0. The quantitative estimate of drug-likeness (QED) is 0.378. The smallest absolute Gasteiger partial charge is 0.00135 e. The topological polar surface area (TPSA) is 0 Å². The summed E-state index contributed by atoms with van der Waals surface area (Å²) in [4.78, 5) is 1.85. The molecule has 0 bridgehead atoms. The Morgan fingerprint density at radius 1 is 0.636 bits per heavy atom. The van der Waals surface area contributed by atoms with E-state index in [9.17, 15) is 0 Å². The Hall–Kier alpha value is -2.12. The van der Waals surface area contributed by atoms with E-state index in [1.54, 1.807) is 0 Å². The van der Waals surface area contributed by atoms with Crippen molar-refractivity contribution in [1.29, 1.82) is 0 Å². The van der Waals surface area contributed by atoms with Gasteiger partial charge in [-0.05, 0) is 45.3 Å². The Morgan fingerprint density at radius 3 is 1.68 bits per heavy atom. The Labute approximate surface area is 140 Å². The molecule has 0 heterocycles. The maximum atomic E-state index is 3.21. The van der Waals surface area contributed by atoms with Crippen molar-refractivity contribution >= 4 is 22.0 Å². The van der Waals surface area contributed by atoms with Crippen LogP contribution in [0.15, 0.2) is 83.8 Å². The second-order valence-electron chi connectivity index (χ2n) is 5.19. The highest BCUT2D eigenvalue weighted by Gasteiger charge is 2.15. The zero-order chi connectivity index (χ0) is 15.2. The van der Waals surface area contributed by atoms with Crippen LogP contribution < -0.4 is 0 Å². The van der Waals surface area contributed by atoms with Crippen molar-refractivity contribution in [3.8, 4) is 11.1 Å². The molecule has 3 aromatic carbocycles. The summed E-state index contributed by atoms with van der Waals surface area (Å²) in [6.45, 7) is 0. The molecule has 0 nitrogen and oxygen atoms in total. The molecule has 1 aliphatic carbocycles. The van der Waals surface area contributed by atoms with Crippen molar-refractivity contribution in [1.82, 2.24) is 0 Å². The predicted octanol–water partition coefficient (Wildman–Crippen LogP) is 6.31. The second-order valence-corrected chi connectivity index (χ2v) is 5.72. The molecule has 0 spiro atoms. The number of rotatable bonds is 1. The van der Waals surface area contributed by atoms with E-state index in [0.29, 0.717) is 0 Å². The Bertz CT molecular complexity index is 729. The van der Waals surface area contributed by atoms with Crippen LogP contribution in [0.5, 0.6) is 0 Å². The summed E-state index contributed by atoms with van der Waals surface area (Å²) in [6.07, 6.45) is 3.10. The molecule has 22 heavy (non-hydrogen) atoms. The van der Waals surface area contributed by atoms with Gasteiger partial charge in [-0.3, -0.25) is 0 Å². The van der Waals surface area contributed by atoms with Crippen molar-refractivity contribution in [2.45, 2.75) is 6.42 Å². The molecule has 0 saturated carbocycles. The molecule has 0 amide bonds. The predicted molar refractivity (Wildman–Crippen MR) is 99.1 cm³/mol. The van der Waals surface area contributed by atoms with Crippen LogP contribution in [0.2, 0.25) is 0 Å². The normalized spacial score (nSPS) is 11.5. The van der Waals surface area contributed by atoms with Crippen LogP contribution in [0.1, 0.15) is 16.7 Å². The number of hydrogen-bond acceptors (Lipinski definition) is 0. The van der Waals surface area contributed by atoms with Crippen LogP contribution >= 0.6 is 15.9 Å². The van der Waals surface area contributed by atoms with Gasteiger partial charge in [-0.2, -0.15) is 0 Å². The molecular weight excluding hydrogens is 332 g/mol. The van der Waals surface area contributed by atoms with Crippen molar-refractivity contribution in [3.05, 3.63) is 101 Å². The van der Waals surface area contributed by atoms with Crippen LogP contribution in [0, 0.1) is 0 Å². The number of halogens is 1. The fourth-order valence-electron chi connectivity index (χ4n) is 2.72. The van der Waals surface area contributed by atoms with Gasteiger partial charge in [-0.15, -0.1) is 0 Å². The lowest BCUT2D eigenvalue weighted by atomic mass is 10.1. The van der Waals surface area contributed by atoms with E-state index in [-0.39, 0.29) is 0 Å². The molecule has 3 aromatic rings. The molecule has 4 rings (SSSR count). The van der Waals surface area contributed by atoms with Gasteiger partial charge in [0.1, 0.15) is 0 Å². The zero-order valence-electron chi connectivity index (χ0n) is 12.2. The molecule has 0 atom stereocenters. The molecule has 0 saturated heterocycles. The lowest BCUT2D eigenvalue weighted by molar-refractivity contribution is 1.26. The highest BCUT2D eigenvalue weighted by molar-refractivity contribution is 9.11. The van der Waals surface area contributed by atoms with Crippen molar-refractivity contribution in [2.75, 3.05) is 0 Å². The lowest BCUT2D eigenvalue weighted by Gasteiger charge is -1.98. The Kier molecular flexibility index (Phi) is 4.87. The minimum absolute atomic E-state index is 1.10. The molecule has 108 valence electrons. The van der Waals surface area contributed by atoms with Crippen LogP contribution in [-0.4, -0.2) is 0 Å². The van der Waals surface area contributed by atoms with Gasteiger partial charge in [0.25, 0.3) is 0 Å². The molecule has 0 radical (unpaired) electrons. The first kappa shape index (κ1) is 14.8. The van der Waals surface area contributed by atoms with Gasteiger partial charge in [0.2, 0.25) is 0 Å². The second kappa shape index (κ2) is 7.24. The standard InChI is InChI=1S/C13H10.C8H7Br/c1-3-7-12-10(5-1)9-11-6-2-4-8-13(11)12;9-7-6-8-4-2-1-3-5-8/h1-8H,9H2;1-7H. The van der Waals surface area contributed by atoms with Crippen molar-refractivity contribution in [3.63, 3.8) is 0 Å². The summed E-state index contributed by atoms with van der Waals surface area (Å²) in [5.41, 5.74) is 6.97. The Balaban J connectivity index is 0.000000142.